The Hall–Kier alpha value is -0.810. The van der Waals surface area contributed by atoms with Gasteiger partial charge in [-0.1, -0.05) is 0 Å². The molecule has 0 amide bonds. The Morgan fingerprint density at radius 1 is 1.00 bits per heavy atom. The minimum atomic E-state index is 0.223. The molecule has 3 rings (SSSR count). The van der Waals surface area contributed by atoms with Crippen molar-refractivity contribution < 1.29 is 8.97 Å². The number of quaternary nitrogens is 2. The van der Waals surface area contributed by atoms with Gasteiger partial charge in [0.2, 0.25) is 0 Å². The molecule has 3 fully saturated rings. The molecular weight excluding hydrogens is 214 g/mol. The summed E-state index contributed by atoms with van der Waals surface area (Å²) in [6.45, 7) is 10.3. The normalized spacial score (nSPS) is 35.8. The SMILES string of the molecule is C[N+]12CC[N+](CCCCN=C(N)N)(CC1)CC2. The largest absolute Gasteiger partial charge is 0.370 e. The second kappa shape index (κ2) is 4.82. The van der Waals surface area contributed by atoms with E-state index < -0.39 is 0 Å². The highest BCUT2D eigenvalue weighted by Gasteiger charge is 2.45. The van der Waals surface area contributed by atoms with Gasteiger partial charge < -0.3 is 20.4 Å². The van der Waals surface area contributed by atoms with Crippen LogP contribution in [0.25, 0.3) is 0 Å². The van der Waals surface area contributed by atoms with Crippen molar-refractivity contribution in [1.82, 2.24) is 0 Å². The average Bonchev–Trinajstić information content (AvgIpc) is 2.30. The van der Waals surface area contributed by atoms with Gasteiger partial charge in [0.05, 0.1) is 13.6 Å². The Balaban J connectivity index is 1.71. The summed E-state index contributed by atoms with van der Waals surface area (Å²) < 4.78 is 2.67. The van der Waals surface area contributed by atoms with Crippen molar-refractivity contribution in [2.75, 3.05) is 59.4 Å². The first-order valence-electron chi connectivity index (χ1n) is 6.78. The summed E-state index contributed by atoms with van der Waals surface area (Å²) in [4.78, 5) is 4.04. The standard InChI is InChI=1S/C12H27N5/c1-16-6-9-17(10-7-16,11-8-16)5-3-2-4-15-12(13)14/h2-11H2,1H3,(H4,13,14,15)/q+2. The first kappa shape index (κ1) is 12.6. The van der Waals surface area contributed by atoms with E-state index in [9.17, 15) is 0 Å². The number of rotatable bonds is 5. The van der Waals surface area contributed by atoms with Crippen molar-refractivity contribution in [3.8, 4) is 0 Å². The molecule has 0 aromatic heterocycles. The molecule has 5 nitrogen and oxygen atoms in total. The Bertz CT molecular complexity index is 271. The maximum absolute atomic E-state index is 5.31. The van der Waals surface area contributed by atoms with Crippen molar-refractivity contribution in [1.29, 1.82) is 0 Å². The predicted octanol–water partition coefficient (Wildman–Crippen LogP) is -0.669. The second-order valence-electron chi connectivity index (χ2n) is 6.04. The first-order valence-corrected chi connectivity index (χ1v) is 6.78. The fourth-order valence-corrected chi connectivity index (χ4v) is 3.13. The lowest BCUT2D eigenvalue weighted by molar-refractivity contribution is -1.07. The number of guanidine groups is 1. The van der Waals surface area contributed by atoms with Crippen molar-refractivity contribution in [2.24, 2.45) is 16.5 Å². The van der Waals surface area contributed by atoms with Crippen LogP contribution in [-0.2, 0) is 0 Å². The molecule has 0 aliphatic carbocycles. The van der Waals surface area contributed by atoms with Gasteiger partial charge in [0.25, 0.3) is 0 Å². The third kappa shape index (κ3) is 3.10. The number of nitrogens with two attached hydrogens (primary N) is 2. The van der Waals surface area contributed by atoms with Crippen molar-refractivity contribution in [2.45, 2.75) is 12.8 Å². The van der Waals surface area contributed by atoms with Crippen LogP contribution in [0.3, 0.4) is 0 Å². The predicted molar refractivity (Wildman–Crippen MR) is 70.4 cm³/mol. The molecule has 5 heteroatoms. The molecule has 4 N–H and O–H groups in total. The van der Waals surface area contributed by atoms with Gasteiger partial charge in [-0.2, -0.15) is 0 Å². The fourth-order valence-electron chi connectivity index (χ4n) is 3.13. The quantitative estimate of drug-likeness (QED) is 0.290. The smallest absolute Gasteiger partial charge is 0.185 e. The van der Waals surface area contributed by atoms with E-state index in [0.717, 1.165) is 13.0 Å². The molecule has 2 bridgehead atoms. The number of unbranched alkanes of at least 4 members (excludes halogenated alkanes) is 1. The molecule has 3 aliphatic rings. The molecule has 0 unspecified atom stereocenters. The molecule has 3 aliphatic heterocycles. The summed E-state index contributed by atoms with van der Waals surface area (Å²) >= 11 is 0. The van der Waals surface area contributed by atoms with Crippen molar-refractivity contribution in [3.05, 3.63) is 0 Å². The Kier molecular flexibility index (Phi) is 3.58. The number of likely N-dealkylation sites (N-methyl/N-ethyl adjacent to an activating group) is 1. The number of fused-ring (bicyclic) bond motifs is 3. The van der Waals surface area contributed by atoms with Gasteiger partial charge >= 0.3 is 0 Å². The summed E-state index contributed by atoms with van der Waals surface area (Å²) in [5, 5.41) is 0. The van der Waals surface area contributed by atoms with Crippen LogP contribution in [0, 0.1) is 0 Å². The zero-order valence-corrected chi connectivity index (χ0v) is 11.1. The van der Waals surface area contributed by atoms with Crippen LogP contribution in [0.5, 0.6) is 0 Å². The lowest BCUT2D eigenvalue weighted by atomic mass is 10.1. The monoisotopic (exact) mass is 241 g/mol. The number of nitrogens with zero attached hydrogens (tertiary/aromatic N) is 3. The second-order valence-corrected chi connectivity index (χ2v) is 6.04. The van der Waals surface area contributed by atoms with Crippen LogP contribution in [0.4, 0.5) is 0 Å². The third-order valence-corrected chi connectivity index (χ3v) is 4.68. The van der Waals surface area contributed by atoms with Crippen LogP contribution in [0.2, 0.25) is 0 Å². The van der Waals surface area contributed by atoms with Gasteiger partial charge in [0, 0.05) is 6.54 Å². The number of piperazine rings is 3. The van der Waals surface area contributed by atoms with Gasteiger partial charge in [-0.15, -0.1) is 0 Å². The zero-order valence-electron chi connectivity index (χ0n) is 11.1. The van der Waals surface area contributed by atoms with E-state index in [4.69, 9.17) is 11.5 Å². The van der Waals surface area contributed by atoms with Crippen LogP contribution < -0.4 is 11.5 Å². The molecule has 3 saturated heterocycles. The summed E-state index contributed by atoms with van der Waals surface area (Å²) in [6, 6.07) is 0. The molecule has 3 heterocycles. The Labute approximate surface area is 104 Å². The van der Waals surface area contributed by atoms with E-state index in [0.29, 0.717) is 0 Å². The van der Waals surface area contributed by atoms with Gasteiger partial charge in [-0.25, -0.2) is 0 Å². The molecule has 98 valence electrons. The molecule has 0 radical (unpaired) electrons. The van der Waals surface area contributed by atoms with Gasteiger partial charge in [0.15, 0.2) is 5.96 Å². The lowest BCUT2D eigenvalue weighted by Gasteiger charge is -2.54. The highest BCUT2D eigenvalue weighted by molar-refractivity contribution is 5.75. The number of hydrogen-bond acceptors (Lipinski definition) is 1. The van der Waals surface area contributed by atoms with Gasteiger partial charge in [0.1, 0.15) is 39.3 Å². The molecule has 0 aromatic carbocycles. The Morgan fingerprint density at radius 2 is 1.59 bits per heavy atom. The maximum Gasteiger partial charge on any atom is 0.185 e. The van der Waals surface area contributed by atoms with Gasteiger partial charge in [-0.3, -0.25) is 4.99 Å². The molecule has 0 aromatic rings. The van der Waals surface area contributed by atoms with E-state index in [1.54, 1.807) is 0 Å². The van der Waals surface area contributed by atoms with E-state index >= 15 is 0 Å². The minimum Gasteiger partial charge on any atom is -0.370 e. The van der Waals surface area contributed by atoms with Crippen LogP contribution >= 0.6 is 0 Å². The summed E-state index contributed by atoms with van der Waals surface area (Å²) in [6.07, 6.45) is 2.37. The topological polar surface area (TPSA) is 64.4 Å². The Morgan fingerprint density at radius 3 is 2.12 bits per heavy atom. The molecule has 17 heavy (non-hydrogen) atoms. The first-order chi connectivity index (χ1) is 8.04. The highest BCUT2D eigenvalue weighted by atomic mass is 15.5. The van der Waals surface area contributed by atoms with Crippen molar-refractivity contribution in [3.63, 3.8) is 0 Å². The van der Waals surface area contributed by atoms with E-state index in [2.05, 4.69) is 12.0 Å². The highest BCUT2D eigenvalue weighted by Crippen LogP contribution is 2.25. The molecule has 0 saturated carbocycles. The average molecular weight is 241 g/mol. The maximum atomic E-state index is 5.31. The molecular formula is C12H27N5+2. The number of aliphatic imine (C=N–C) groups is 1. The van der Waals surface area contributed by atoms with Crippen LogP contribution in [0.1, 0.15) is 12.8 Å². The molecule has 0 spiro atoms. The zero-order chi connectivity index (χ0) is 12.4. The van der Waals surface area contributed by atoms with Crippen LogP contribution in [-0.4, -0.2) is 74.3 Å². The summed E-state index contributed by atoms with van der Waals surface area (Å²) in [5.41, 5.74) is 10.6. The lowest BCUT2D eigenvalue weighted by Crippen LogP contribution is -2.73. The van der Waals surface area contributed by atoms with E-state index in [1.165, 1.54) is 61.2 Å². The molecule has 0 atom stereocenters. The fraction of sp³-hybridized carbons (Fsp3) is 0.917. The third-order valence-electron chi connectivity index (χ3n) is 4.68. The number of hydrogen-bond donors (Lipinski definition) is 2. The van der Waals surface area contributed by atoms with E-state index in [-0.39, 0.29) is 5.96 Å². The van der Waals surface area contributed by atoms with Crippen LogP contribution in [0.15, 0.2) is 4.99 Å². The van der Waals surface area contributed by atoms with Gasteiger partial charge in [-0.05, 0) is 12.8 Å². The minimum absolute atomic E-state index is 0.223. The summed E-state index contributed by atoms with van der Waals surface area (Å²) in [5.74, 6) is 0.223. The van der Waals surface area contributed by atoms with E-state index in [1.807, 2.05) is 0 Å². The summed E-state index contributed by atoms with van der Waals surface area (Å²) in [7, 11) is 2.41. The van der Waals surface area contributed by atoms with Crippen molar-refractivity contribution >= 4 is 5.96 Å².